The average Bonchev–Trinajstić information content (AvgIpc) is 2.39. The second-order valence-electron chi connectivity index (χ2n) is 3.54. The number of nitrogens with zero attached hydrogens (tertiary/aromatic N) is 2. The van der Waals surface area contributed by atoms with Crippen LogP contribution in [0.1, 0.15) is 5.56 Å². The molecule has 3 heteroatoms. The second-order valence-corrected chi connectivity index (χ2v) is 5.56. The van der Waals surface area contributed by atoms with E-state index >= 15 is 0 Å². The van der Waals surface area contributed by atoms with Crippen molar-refractivity contribution in [2.75, 3.05) is 0 Å². The van der Waals surface area contributed by atoms with E-state index in [9.17, 15) is 0 Å². The molecule has 1 aromatic carbocycles. The van der Waals surface area contributed by atoms with Crippen LogP contribution in [0, 0.1) is 0 Å². The number of benzene rings is 1. The van der Waals surface area contributed by atoms with E-state index in [4.69, 9.17) is 0 Å². The summed E-state index contributed by atoms with van der Waals surface area (Å²) in [5.74, 6) is 0. The molecule has 0 N–H and O–H groups in total. The number of aromatic nitrogens is 1. The van der Waals surface area contributed by atoms with E-state index in [2.05, 4.69) is 34.2 Å². The number of hydrogen-bond acceptors (Lipinski definition) is 2. The summed E-state index contributed by atoms with van der Waals surface area (Å²) < 4.78 is 1.18. The Bertz CT molecular complexity index is 535. The molecule has 0 spiro atoms. The Morgan fingerprint density at radius 1 is 1.00 bits per heavy atom. The van der Waals surface area contributed by atoms with Crippen LogP contribution in [0.15, 0.2) is 53.7 Å². The van der Waals surface area contributed by atoms with Gasteiger partial charge in [-0.1, -0.05) is 0 Å². The van der Waals surface area contributed by atoms with Gasteiger partial charge in [-0.2, -0.15) is 0 Å². The normalized spacial score (nSPS) is 14.1. The second kappa shape index (κ2) is 4.20. The van der Waals surface area contributed by atoms with Crippen molar-refractivity contribution >= 4 is 30.9 Å². The summed E-state index contributed by atoms with van der Waals surface area (Å²) in [6, 6.07) is 14.4. The summed E-state index contributed by atoms with van der Waals surface area (Å²) in [5.41, 5.74) is 3.48. The van der Waals surface area contributed by atoms with Gasteiger partial charge in [0.2, 0.25) is 0 Å². The molecule has 0 aliphatic carbocycles. The van der Waals surface area contributed by atoms with Crippen LogP contribution in [-0.2, 0) is 0 Å². The maximum absolute atomic E-state index is 4.69. The van der Waals surface area contributed by atoms with Crippen molar-refractivity contribution < 1.29 is 0 Å². The van der Waals surface area contributed by atoms with E-state index < -0.39 is 0 Å². The minimum absolute atomic E-state index is 0.420. The van der Waals surface area contributed by atoms with E-state index in [0.717, 1.165) is 11.0 Å². The van der Waals surface area contributed by atoms with Crippen molar-refractivity contribution in [3.05, 3.63) is 54.2 Å². The fraction of sp³-hybridized carbons (Fsp3) is 0.0769. The van der Waals surface area contributed by atoms with Gasteiger partial charge < -0.3 is 0 Å². The Balaban J connectivity index is 2.04. The molecular formula is C13H10N2Se. The molecule has 0 unspecified atom stereocenters. The Morgan fingerprint density at radius 3 is 2.75 bits per heavy atom. The molecule has 2 nitrogen and oxygen atoms in total. The molecule has 1 aliphatic rings. The van der Waals surface area contributed by atoms with E-state index in [-0.39, 0.29) is 0 Å². The summed E-state index contributed by atoms with van der Waals surface area (Å²) in [6.07, 6.45) is 1.85. The molecule has 0 bridgehead atoms. The number of fused-ring (bicyclic) bond motifs is 1. The van der Waals surface area contributed by atoms with Crippen molar-refractivity contribution in [1.82, 2.24) is 4.98 Å². The molecule has 16 heavy (non-hydrogen) atoms. The molecule has 1 aromatic heterocycles. The van der Waals surface area contributed by atoms with Gasteiger partial charge in [0.25, 0.3) is 0 Å². The van der Waals surface area contributed by atoms with Crippen molar-refractivity contribution in [2.24, 2.45) is 4.99 Å². The van der Waals surface area contributed by atoms with Gasteiger partial charge >= 0.3 is 100 Å². The van der Waals surface area contributed by atoms with Gasteiger partial charge in [-0.15, -0.1) is 0 Å². The minimum atomic E-state index is 0.420. The van der Waals surface area contributed by atoms with Crippen LogP contribution in [0.3, 0.4) is 0 Å². The maximum atomic E-state index is 4.69. The van der Waals surface area contributed by atoms with Gasteiger partial charge in [0.15, 0.2) is 0 Å². The fourth-order valence-corrected chi connectivity index (χ4v) is 3.56. The number of hydrogen-bond donors (Lipinski definition) is 0. The van der Waals surface area contributed by atoms with Crippen LogP contribution in [0.4, 0.5) is 5.69 Å². The first-order valence-corrected chi connectivity index (χ1v) is 7.21. The zero-order valence-electron chi connectivity index (χ0n) is 8.63. The van der Waals surface area contributed by atoms with Crippen LogP contribution in [0.2, 0.25) is 5.32 Å². The Morgan fingerprint density at radius 2 is 1.88 bits per heavy atom. The molecule has 0 radical (unpaired) electrons. The third-order valence-corrected chi connectivity index (χ3v) is 4.57. The van der Waals surface area contributed by atoms with Crippen LogP contribution in [0.5, 0.6) is 0 Å². The van der Waals surface area contributed by atoms with Crippen molar-refractivity contribution in [3.8, 4) is 0 Å². The molecule has 0 saturated carbocycles. The van der Waals surface area contributed by atoms with Gasteiger partial charge in [0.1, 0.15) is 0 Å². The number of pyridine rings is 1. The van der Waals surface area contributed by atoms with Crippen LogP contribution >= 0.6 is 0 Å². The predicted molar refractivity (Wildman–Crippen MR) is 67.1 cm³/mol. The Kier molecular flexibility index (Phi) is 2.56. The first kappa shape index (κ1) is 9.76. The van der Waals surface area contributed by atoms with Gasteiger partial charge in [-0.25, -0.2) is 0 Å². The van der Waals surface area contributed by atoms with Crippen LogP contribution in [0.25, 0.3) is 0 Å². The number of rotatable bonds is 1. The summed E-state index contributed by atoms with van der Waals surface area (Å²) >= 11 is 0.420. The van der Waals surface area contributed by atoms with Gasteiger partial charge in [-0.3, -0.25) is 0 Å². The number of aliphatic imine (C=N–C) groups is 1. The van der Waals surface area contributed by atoms with Crippen molar-refractivity contribution in [2.45, 2.75) is 5.32 Å². The summed E-state index contributed by atoms with van der Waals surface area (Å²) in [5, 5.41) is 1.04. The zero-order valence-corrected chi connectivity index (χ0v) is 10.3. The fourth-order valence-electron chi connectivity index (χ4n) is 1.67. The van der Waals surface area contributed by atoms with E-state index in [1.54, 1.807) is 0 Å². The van der Waals surface area contributed by atoms with E-state index in [0.29, 0.717) is 15.0 Å². The third-order valence-electron chi connectivity index (χ3n) is 2.46. The summed E-state index contributed by atoms with van der Waals surface area (Å²) in [6.45, 7) is 0. The Hall–Kier alpha value is -1.44. The van der Waals surface area contributed by atoms with Gasteiger partial charge in [-0.05, 0) is 0 Å². The first-order chi connectivity index (χ1) is 7.93. The van der Waals surface area contributed by atoms with Crippen molar-refractivity contribution in [3.63, 3.8) is 0 Å². The monoisotopic (exact) mass is 274 g/mol. The molecule has 2 aromatic rings. The van der Waals surface area contributed by atoms with Gasteiger partial charge in [0, 0.05) is 0 Å². The zero-order chi connectivity index (χ0) is 10.8. The molecule has 78 valence electrons. The van der Waals surface area contributed by atoms with E-state index in [1.165, 1.54) is 15.9 Å². The molecule has 0 saturated heterocycles. The molecule has 0 fully saturated rings. The topological polar surface area (TPSA) is 25.2 Å². The Labute approximate surface area is 101 Å². The molecular weight excluding hydrogens is 263 g/mol. The SMILES string of the molecule is c1ccc(C2=Nc3cccnc3[Se]C2)cc1. The molecule has 3 rings (SSSR count). The average molecular weight is 273 g/mol. The third kappa shape index (κ3) is 1.80. The van der Waals surface area contributed by atoms with Crippen LogP contribution in [-0.4, -0.2) is 25.7 Å². The predicted octanol–water partition coefficient (Wildman–Crippen LogP) is 1.96. The summed E-state index contributed by atoms with van der Waals surface area (Å²) in [4.78, 5) is 9.05. The first-order valence-electron chi connectivity index (χ1n) is 5.14. The molecule has 2 heterocycles. The van der Waals surface area contributed by atoms with E-state index in [1.807, 2.05) is 24.4 Å². The molecule has 0 atom stereocenters. The quantitative estimate of drug-likeness (QED) is 0.729. The van der Waals surface area contributed by atoms with Crippen molar-refractivity contribution in [1.29, 1.82) is 0 Å². The molecule has 1 aliphatic heterocycles. The summed E-state index contributed by atoms with van der Waals surface area (Å²) in [7, 11) is 0. The van der Waals surface area contributed by atoms with Gasteiger partial charge in [0.05, 0.1) is 0 Å². The molecule has 0 amide bonds. The standard InChI is InChI=1S/C13H10N2Se/c1-2-5-10(6-3-1)12-9-16-13-11(15-12)7-4-8-14-13/h1-8H,9H2. The van der Waals surface area contributed by atoms with Crippen LogP contribution < -0.4 is 4.59 Å².